The van der Waals surface area contributed by atoms with E-state index in [9.17, 15) is 0 Å². The lowest BCUT2D eigenvalue weighted by atomic mass is 9.92. The summed E-state index contributed by atoms with van der Waals surface area (Å²) in [7, 11) is 0. The van der Waals surface area contributed by atoms with Crippen molar-refractivity contribution in [2.24, 2.45) is 5.41 Å². The number of hydrogen-bond acceptors (Lipinski definition) is 3. The van der Waals surface area contributed by atoms with Crippen LogP contribution in [0.4, 0.5) is 0 Å². The van der Waals surface area contributed by atoms with Crippen molar-refractivity contribution in [2.45, 2.75) is 66.3 Å². The molecule has 1 rings (SSSR count). The molecule has 0 bridgehead atoms. The standard InChI is InChI=1S/C12H24N4/c1-5-6-7-8-9-16-11(13-14-15-16)10-12(2,3)4/h5-10H2,1-4H3. The zero-order chi connectivity index (χ0) is 12.0. The van der Waals surface area contributed by atoms with Gasteiger partial charge < -0.3 is 0 Å². The molecule has 0 unspecified atom stereocenters. The zero-order valence-electron chi connectivity index (χ0n) is 11.0. The monoisotopic (exact) mass is 224 g/mol. The summed E-state index contributed by atoms with van der Waals surface area (Å²) < 4.78 is 1.96. The van der Waals surface area contributed by atoms with Crippen LogP contribution in [0.5, 0.6) is 0 Å². The fraction of sp³-hybridized carbons (Fsp3) is 0.917. The number of nitrogens with zero attached hydrogens (tertiary/aromatic N) is 4. The van der Waals surface area contributed by atoms with E-state index in [1.54, 1.807) is 0 Å². The Kier molecular flexibility index (Phi) is 4.90. The maximum Gasteiger partial charge on any atom is 0.151 e. The van der Waals surface area contributed by atoms with E-state index >= 15 is 0 Å². The van der Waals surface area contributed by atoms with Crippen LogP contribution in [-0.4, -0.2) is 20.2 Å². The van der Waals surface area contributed by atoms with Crippen LogP contribution in [-0.2, 0) is 13.0 Å². The van der Waals surface area contributed by atoms with Gasteiger partial charge in [-0.25, -0.2) is 4.68 Å². The normalized spacial score (nSPS) is 12.0. The first kappa shape index (κ1) is 13.1. The average Bonchev–Trinajstić information content (AvgIpc) is 2.58. The SMILES string of the molecule is CCCCCCn1nnnc1CC(C)(C)C. The van der Waals surface area contributed by atoms with Gasteiger partial charge in [0.25, 0.3) is 0 Å². The second-order valence-corrected chi connectivity index (χ2v) is 5.62. The van der Waals surface area contributed by atoms with E-state index in [0.29, 0.717) is 0 Å². The van der Waals surface area contributed by atoms with E-state index in [-0.39, 0.29) is 5.41 Å². The molecule has 0 atom stereocenters. The van der Waals surface area contributed by atoms with Crippen molar-refractivity contribution >= 4 is 0 Å². The van der Waals surface area contributed by atoms with Crippen LogP contribution in [0, 0.1) is 5.41 Å². The van der Waals surface area contributed by atoms with Crippen molar-refractivity contribution in [2.75, 3.05) is 0 Å². The Hall–Kier alpha value is -0.930. The van der Waals surface area contributed by atoms with E-state index in [1.165, 1.54) is 25.7 Å². The molecule has 0 aliphatic carbocycles. The van der Waals surface area contributed by atoms with Crippen LogP contribution in [0.1, 0.15) is 59.2 Å². The molecular formula is C12H24N4. The molecule has 92 valence electrons. The quantitative estimate of drug-likeness (QED) is 0.698. The summed E-state index contributed by atoms with van der Waals surface area (Å²) in [5, 5.41) is 11.9. The maximum absolute atomic E-state index is 4.10. The van der Waals surface area contributed by atoms with Gasteiger partial charge in [-0.2, -0.15) is 0 Å². The Bertz CT molecular complexity index is 298. The number of rotatable bonds is 6. The summed E-state index contributed by atoms with van der Waals surface area (Å²) in [5.74, 6) is 1.02. The Morgan fingerprint density at radius 1 is 1.12 bits per heavy atom. The van der Waals surface area contributed by atoms with Crippen molar-refractivity contribution in [3.63, 3.8) is 0 Å². The van der Waals surface area contributed by atoms with Crippen molar-refractivity contribution < 1.29 is 0 Å². The Balaban J connectivity index is 2.44. The Morgan fingerprint density at radius 2 is 1.88 bits per heavy atom. The van der Waals surface area contributed by atoms with Gasteiger partial charge in [-0.3, -0.25) is 0 Å². The molecule has 1 aromatic rings. The lowest BCUT2D eigenvalue weighted by Crippen LogP contribution is -2.15. The minimum atomic E-state index is 0.246. The molecule has 4 nitrogen and oxygen atoms in total. The van der Waals surface area contributed by atoms with Gasteiger partial charge >= 0.3 is 0 Å². The van der Waals surface area contributed by atoms with Crippen LogP contribution in [0.2, 0.25) is 0 Å². The molecular weight excluding hydrogens is 200 g/mol. The third kappa shape index (κ3) is 4.73. The molecule has 0 aliphatic heterocycles. The molecule has 0 aromatic carbocycles. The molecule has 0 aliphatic rings. The van der Waals surface area contributed by atoms with Crippen molar-refractivity contribution in [1.82, 2.24) is 20.2 Å². The highest BCUT2D eigenvalue weighted by Crippen LogP contribution is 2.18. The fourth-order valence-corrected chi connectivity index (χ4v) is 1.69. The van der Waals surface area contributed by atoms with E-state index in [4.69, 9.17) is 0 Å². The van der Waals surface area contributed by atoms with Crippen LogP contribution >= 0.6 is 0 Å². The number of aromatic nitrogens is 4. The summed E-state index contributed by atoms with van der Waals surface area (Å²) in [4.78, 5) is 0. The minimum absolute atomic E-state index is 0.246. The third-order valence-corrected chi connectivity index (χ3v) is 2.52. The van der Waals surface area contributed by atoms with Gasteiger partial charge in [-0.05, 0) is 22.3 Å². The fourth-order valence-electron chi connectivity index (χ4n) is 1.69. The van der Waals surface area contributed by atoms with Gasteiger partial charge in [-0.1, -0.05) is 47.0 Å². The minimum Gasteiger partial charge on any atom is -0.230 e. The topological polar surface area (TPSA) is 43.6 Å². The van der Waals surface area contributed by atoms with Crippen molar-refractivity contribution in [3.8, 4) is 0 Å². The molecule has 0 saturated carbocycles. The second-order valence-electron chi connectivity index (χ2n) is 5.62. The number of unbranched alkanes of at least 4 members (excludes halogenated alkanes) is 3. The first-order valence-corrected chi connectivity index (χ1v) is 6.28. The molecule has 1 heterocycles. The zero-order valence-corrected chi connectivity index (χ0v) is 11.0. The van der Waals surface area contributed by atoms with Crippen LogP contribution in [0.25, 0.3) is 0 Å². The summed E-state index contributed by atoms with van der Waals surface area (Å²) in [6.07, 6.45) is 5.95. The molecule has 0 saturated heterocycles. The molecule has 0 spiro atoms. The van der Waals surface area contributed by atoms with Gasteiger partial charge in [0, 0.05) is 13.0 Å². The molecule has 1 aromatic heterocycles. The average molecular weight is 224 g/mol. The van der Waals surface area contributed by atoms with Crippen LogP contribution < -0.4 is 0 Å². The Labute approximate surface area is 98.4 Å². The van der Waals surface area contributed by atoms with E-state index in [2.05, 4.69) is 43.2 Å². The molecule has 0 radical (unpaired) electrons. The molecule has 0 N–H and O–H groups in total. The van der Waals surface area contributed by atoms with Crippen molar-refractivity contribution in [1.29, 1.82) is 0 Å². The molecule has 4 heteroatoms. The van der Waals surface area contributed by atoms with Gasteiger partial charge in [0.1, 0.15) is 0 Å². The molecule has 0 fully saturated rings. The Morgan fingerprint density at radius 3 is 2.50 bits per heavy atom. The van der Waals surface area contributed by atoms with Gasteiger partial charge in [0.05, 0.1) is 0 Å². The van der Waals surface area contributed by atoms with E-state index in [1.807, 2.05) is 4.68 Å². The smallest absolute Gasteiger partial charge is 0.151 e. The summed E-state index contributed by atoms with van der Waals surface area (Å²) in [6.45, 7) is 9.82. The van der Waals surface area contributed by atoms with E-state index in [0.717, 1.165) is 18.8 Å². The summed E-state index contributed by atoms with van der Waals surface area (Å²) >= 11 is 0. The highest BCUT2D eigenvalue weighted by atomic mass is 15.5. The highest BCUT2D eigenvalue weighted by molar-refractivity contribution is 4.86. The van der Waals surface area contributed by atoms with Gasteiger partial charge in [0.2, 0.25) is 0 Å². The van der Waals surface area contributed by atoms with Crippen LogP contribution in [0.3, 0.4) is 0 Å². The van der Waals surface area contributed by atoms with E-state index < -0.39 is 0 Å². The third-order valence-electron chi connectivity index (χ3n) is 2.52. The first-order chi connectivity index (χ1) is 7.53. The van der Waals surface area contributed by atoms with Crippen LogP contribution in [0.15, 0.2) is 0 Å². The number of tetrazole rings is 1. The van der Waals surface area contributed by atoms with Gasteiger partial charge in [0.15, 0.2) is 5.82 Å². The molecule has 16 heavy (non-hydrogen) atoms. The predicted molar refractivity (Wildman–Crippen MR) is 65.1 cm³/mol. The lowest BCUT2D eigenvalue weighted by Gasteiger charge is -2.16. The van der Waals surface area contributed by atoms with Gasteiger partial charge in [-0.15, -0.1) is 5.10 Å². The first-order valence-electron chi connectivity index (χ1n) is 6.28. The maximum atomic E-state index is 4.10. The largest absolute Gasteiger partial charge is 0.230 e. The predicted octanol–water partition coefficient (Wildman–Crippen LogP) is 2.84. The number of aryl methyl sites for hydroxylation is 1. The summed E-state index contributed by atoms with van der Waals surface area (Å²) in [5.41, 5.74) is 0.246. The summed E-state index contributed by atoms with van der Waals surface area (Å²) in [6, 6.07) is 0. The van der Waals surface area contributed by atoms with Crippen molar-refractivity contribution in [3.05, 3.63) is 5.82 Å². The highest BCUT2D eigenvalue weighted by Gasteiger charge is 2.16. The number of hydrogen-bond donors (Lipinski definition) is 0. The molecule has 0 amide bonds. The second kappa shape index (κ2) is 5.97. The lowest BCUT2D eigenvalue weighted by molar-refractivity contribution is 0.383.